The lowest BCUT2D eigenvalue weighted by Gasteiger charge is -2.10. The largest absolute Gasteiger partial charge is 0.483 e. The predicted octanol–water partition coefficient (Wildman–Crippen LogP) is 4.35. The molecule has 0 saturated heterocycles. The molecule has 0 heterocycles. The minimum atomic E-state index is -0.290. The van der Waals surface area contributed by atoms with E-state index in [1.807, 2.05) is 19.1 Å². The van der Waals surface area contributed by atoms with Crippen LogP contribution in [0, 0.1) is 6.92 Å². The van der Waals surface area contributed by atoms with Gasteiger partial charge in [0.15, 0.2) is 12.9 Å². The summed E-state index contributed by atoms with van der Waals surface area (Å²) in [6, 6.07) is 10.6. The number of nitrogens with one attached hydrogen (secondary N) is 1. The predicted molar refractivity (Wildman–Crippen MR) is 92.5 cm³/mol. The first-order valence-electron chi connectivity index (χ1n) is 6.43. The Hall–Kier alpha value is -1.66. The third-order valence-electron chi connectivity index (χ3n) is 2.90. The van der Waals surface area contributed by atoms with Crippen molar-refractivity contribution in [1.82, 2.24) is 0 Å². The summed E-state index contributed by atoms with van der Waals surface area (Å²) in [6.45, 7) is 1.77. The average molecular weight is 427 g/mol. The number of carbonyl (C=O) groups is 2. The molecule has 0 aliphatic carbocycles. The molecule has 0 spiro atoms. The Morgan fingerprint density at radius 2 is 2.00 bits per heavy atom. The summed E-state index contributed by atoms with van der Waals surface area (Å²) in [5.41, 5.74) is 2.11. The van der Waals surface area contributed by atoms with E-state index in [9.17, 15) is 9.59 Å². The zero-order valence-electron chi connectivity index (χ0n) is 11.7. The molecule has 0 aliphatic rings. The Morgan fingerprint density at radius 3 is 2.68 bits per heavy atom. The Balaban J connectivity index is 1.98. The van der Waals surface area contributed by atoms with Crippen LogP contribution in [-0.2, 0) is 4.79 Å². The summed E-state index contributed by atoms with van der Waals surface area (Å²) in [5, 5.41) is 2.75. The molecular weight excluding hydrogens is 414 g/mol. The van der Waals surface area contributed by atoms with Gasteiger partial charge >= 0.3 is 0 Å². The number of hydrogen-bond donors (Lipinski definition) is 1. The van der Waals surface area contributed by atoms with Crippen molar-refractivity contribution in [3.05, 3.63) is 56.5 Å². The maximum absolute atomic E-state index is 11.9. The van der Waals surface area contributed by atoms with Gasteiger partial charge in [0.25, 0.3) is 5.91 Å². The number of anilines is 1. The lowest BCUT2D eigenvalue weighted by Crippen LogP contribution is -2.20. The second kappa shape index (κ2) is 7.56. The maximum Gasteiger partial charge on any atom is 0.262 e. The lowest BCUT2D eigenvalue weighted by atomic mass is 10.2. The van der Waals surface area contributed by atoms with Crippen molar-refractivity contribution in [2.45, 2.75) is 6.92 Å². The summed E-state index contributed by atoms with van der Waals surface area (Å²) in [5.74, 6) is 0.0850. The highest BCUT2D eigenvalue weighted by Gasteiger charge is 2.08. The Morgan fingerprint density at radius 1 is 1.23 bits per heavy atom. The SMILES string of the molecule is Cc1cc(NC(=O)COc2ccc(Br)cc2C=O)ccc1Br. The van der Waals surface area contributed by atoms with E-state index in [0.717, 1.165) is 14.5 Å². The highest BCUT2D eigenvalue weighted by Crippen LogP contribution is 2.22. The first-order valence-corrected chi connectivity index (χ1v) is 8.01. The van der Waals surface area contributed by atoms with Gasteiger partial charge in [-0.05, 0) is 48.9 Å². The quantitative estimate of drug-likeness (QED) is 0.723. The van der Waals surface area contributed by atoms with Crippen LogP contribution in [0.5, 0.6) is 5.75 Å². The van der Waals surface area contributed by atoms with Crippen molar-refractivity contribution in [3.8, 4) is 5.75 Å². The number of amides is 1. The average Bonchev–Trinajstić information content (AvgIpc) is 2.49. The van der Waals surface area contributed by atoms with Gasteiger partial charge in [0.1, 0.15) is 5.75 Å². The third-order valence-corrected chi connectivity index (χ3v) is 4.28. The highest BCUT2D eigenvalue weighted by molar-refractivity contribution is 9.10. The molecule has 0 fully saturated rings. The molecule has 2 aromatic carbocycles. The number of benzene rings is 2. The van der Waals surface area contributed by atoms with Crippen molar-refractivity contribution < 1.29 is 14.3 Å². The molecule has 0 unspecified atom stereocenters. The van der Waals surface area contributed by atoms with Crippen LogP contribution in [0.15, 0.2) is 45.3 Å². The lowest BCUT2D eigenvalue weighted by molar-refractivity contribution is -0.118. The van der Waals surface area contributed by atoms with Crippen LogP contribution in [0.4, 0.5) is 5.69 Å². The smallest absolute Gasteiger partial charge is 0.262 e. The molecule has 1 amide bonds. The number of aldehydes is 1. The number of ether oxygens (including phenoxy) is 1. The van der Waals surface area contributed by atoms with E-state index < -0.39 is 0 Å². The fourth-order valence-electron chi connectivity index (χ4n) is 1.81. The van der Waals surface area contributed by atoms with Gasteiger partial charge in [0.2, 0.25) is 0 Å². The van der Waals surface area contributed by atoms with E-state index in [1.165, 1.54) is 0 Å². The Bertz CT molecular complexity index is 717. The van der Waals surface area contributed by atoms with E-state index in [-0.39, 0.29) is 12.5 Å². The molecule has 22 heavy (non-hydrogen) atoms. The molecule has 0 bridgehead atoms. The van der Waals surface area contributed by atoms with Crippen LogP contribution in [0.3, 0.4) is 0 Å². The molecule has 1 N–H and O–H groups in total. The van der Waals surface area contributed by atoms with Crippen molar-refractivity contribution in [3.63, 3.8) is 0 Å². The highest BCUT2D eigenvalue weighted by atomic mass is 79.9. The molecule has 0 aromatic heterocycles. The number of rotatable bonds is 5. The molecule has 2 aromatic rings. The van der Waals surface area contributed by atoms with Gasteiger partial charge in [-0.3, -0.25) is 9.59 Å². The van der Waals surface area contributed by atoms with Gasteiger partial charge in [-0.15, -0.1) is 0 Å². The van der Waals surface area contributed by atoms with Crippen LogP contribution in [-0.4, -0.2) is 18.8 Å². The summed E-state index contributed by atoms with van der Waals surface area (Å²) < 4.78 is 7.15. The second-order valence-corrected chi connectivity index (χ2v) is 6.37. The van der Waals surface area contributed by atoms with Crippen molar-refractivity contribution >= 4 is 49.7 Å². The van der Waals surface area contributed by atoms with E-state index in [2.05, 4.69) is 37.2 Å². The fourth-order valence-corrected chi connectivity index (χ4v) is 2.43. The third kappa shape index (κ3) is 4.42. The monoisotopic (exact) mass is 425 g/mol. The maximum atomic E-state index is 11.9. The zero-order valence-corrected chi connectivity index (χ0v) is 14.9. The first kappa shape index (κ1) is 16.7. The standard InChI is InChI=1S/C16H13Br2NO3/c1-10-6-13(3-4-14(10)18)19-16(21)9-22-15-5-2-12(17)7-11(15)8-20/h2-8H,9H2,1H3,(H,19,21). The first-order chi connectivity index (χ1) is 10.5. The topological polar surface area (TPSA) is 55.4 Å². The summed E-state index contributed by atoms with van der Waals surface area (Å²) in [6.07, 6.45) is 0.691. The normalized spacial score (nSPS) is 10.1. The fraction of sp³-hybridized carbons (Fsp3) is 0.125. The minimum absolute atomic E-state index is 0.169. The summed E-state index contributed by atoms with van der Waals surface area (Å²) in [7, 11) is 0. The molecule has 6 heteroatoms. The molecule has 2 rings (SSSR count). The molecule has 0 atom stereocenters. The molecule has 0 saturated carbocycles. The van der Waals surface area contributed by atoms with Gasteiger partial charge in [-0.1, -0.05) is 31.9 Å². The number of aryl methyl sites for hydroxylation is 1. The minimum Gasteiger partial charge on any atom is -0.483 e. The number of hydrogen-bond acceptors (Lipinski definition) is 3. The van der Waals surface area contributed by atoms with Crippen LogP contribution in [0.25, 0.3) is 0 Å². The van der Waals surface area contributed by atoms with Gasteiger partial charge in [0.05, 0.1) is 5.56 Å². The molecular formula is C16H13Br2NO3. The van der Waals surface area contributed by atoms with Crippen LogP contribution in [0.1, 0.15) is 15.9 Å². The molecule has 0 aliphatic heterocycles. The van der Waals surface area contributed by atoms with Crippen molar-refractivity contribution in [2.24, 2.45) is 0 Å². The van der Waals surface area contributed by atoms with Crippen molar-refractivity contribution in [1.29, 1.82) is 0 Å². The van der Waals surface area contributed by atoms with Crippen molar-refractivity contribution in [2.75, 3.05) is 11.9 Å². The van der Waals surface area contributed by atoms with Gasteiger partial charge in [-0.25, -0.2) is 0 Å². The van der Waals surface area contributed by atoms with Gasteiger partial charge in [0, 0.05) is 14.6 Å². The van der Waals surface area contributed by atoms with E-state index in [0.29, 0.717) is 23.3 Å². The van der Waals surface area contributed by atoms with Gasteiger partial charge in [-0.2, -0.15) is 0 Å². The van der Waals surface area contributed by atoms with E-state index in [4.69, 9.17) is 4.74 Å². The van der Waals surface area contributed by atoms with Crippen LogP contribution in [0.2, 0.25) is 0 Å². The summed E-state index contributed by atoms with van der Waals surface area (Å²) in [4.78, 5) is 22.9. The van der Waals surface area contributed by atoms with Crippen LogP contribution >= 0.6 is 31.9 Å². The zero-order chi connectivity index (χ0) is 16.1. The Labute approximate surface area is 145 Å². The number of halogens is 2. The second-order valence-electron chi connectivity index (χ2n) is 4.60. The van der Waals surface area contributed by atoms with Gasteiger partial charge < -0.3 is 10.1 Å². The molecule has 114 valence electrons. The molecule has 0 radical (unpaired) electrons. The summed E-state index contributed by atoms with van der Waals surface area (Å²) >= 11 is 6.68. The van der Waals surface area contributed by atoms with E-state index >= 15 is 0 Å². The number of carbonyl (C=O) groups excluding carboxylic acids is 2. The Kier molecular flexibility index (Phi) is 5.74. The van der Waals surface area contributed by atoms with Crippen LogP contribution < -0.4 is 10.1 Å². The van der Waals surface area contributed by atoms with E-state index in [1.54, 1.807) is 24.3 Å². The molecule has 4 nitrogen and oxygen atoms in total.